The van der Waals surface area contributed by atoms with Gasteiger partial charge in [-0.3, -0.25) is 0 Å². The summed E-state index contributed by atoms with van der Waals surface area (Å²) in [6.45, 7) is 12.3. The van der Waals surface area contributed by atoms with Crippen molar-refractivity contribution in [2.45, 2.75) is 57.5 Å². The van der Waals surface area contributed by atoms with Crippen LogP contribution in [0.25, 0.3) is 0 Å². The molecule has 1 heterocycles. The first kappa shape index (κ1) is 14.8. The molecule has 1 saturated heterocycles. The summed E-state index contributed by atoms with van der Waals surface area (Å²) in [5.41, 5.74) is 1.33. The zero-order valence-corrected chi connectivity index (χ0v) is 13.8. The molecule has 1 unspecified atom stereocenters. The van der Waals surface area contributed by atoms with E-state index in [0.29, 0.717) is 6.10 Å². The van der Waals surface area contributed by atoms with Crippen LogP contribution in [0.4, 0.5) is 0 Å². The Morgan fingerprint density at radius 3 is 2.32 bits per heavy atom. The number of epoxide rings is 1. The molecule has 19 heavy (non-hydrogen) atoms. The van der Waals surface area contributed by atoms with Crippen LogP contribution in [0.15, 0.2) is 30.3 Å². The lowest BCUT2D eigenvalue weighted by molar-refractivity contribution is 0.142. The minimum Gasteiger partial charge on any atom is -0.411 e. The van der Waals surface area contributed by atoms with Crippen molar-refractivity contribution in [3.63, 3.8) is 0 Å². The molecular formula is C16H26O2Si. The Balaban J connectivity index is 2.05. The van der Waals surface area contributed by atoms with Gasteiger partial charge in [-0.1, -0.05) is 51.1 Å². The summed E-state index contributed by atoms with van der Waals surface area (Å²) in [6, 6.07) is 10.6. The van der Waals surface area contributed by atoms with Gasteiger partial charge in [0, 0.05) is 6.42 Å². The highest BCUT2D eigenvalue weighted by molar-refractivity contribution is 6.74. The minimum atomic E-state index is -1.72. The summed E-state index contributed by atoms with van der Waals surface area (Å²) in [5, 5.41) is 0.247. The van der Waals surface area contributed by atoms with Crippen molar-refractivity contribution >= 4 is 8.32 Å². The van der Waals surface area contributed by atoms with Crippen LogP contribution >= 0.6 is 0 Å². The molecule has 0 saturated carbocycles. The van der Waals surface area contributed by atoms with Gasteiger partial charge in [-0.05, 0) is 23.7 Å². The van der Waals surface area contributed by atoms with E-state index in [0.717, 1.165) is 13.0 Å². The van der Waals surface area contributed by atoms with Gasteiger partial charge in [0.05, 0.1) is 12.7 Å². The van der Waals surface area contributed by atoms with Crippen molar-refractivity contribution < 1.29 is 9.16 Å². The van der Waals surface area contributed by atoms with Gasteiger partial charge in [0.25, 0.3) is 0 Å². The van der Waals surface area contributed by atoms with Crippen LogP contribution in [-0.4, -0.2) is 27.1 Å². The smallest absolute Gasteiger partial charge is 0.192 e. The molecule has 1 aromatic rings. The van der Waals surface area contributed by atoms with Crippen LogP contribution < -0.4 is 0 Å². The van der Waals surface area contributed by atoms with Crippen molar-refractivity contribution in [3.8, 4) is 0 Å². The van der Waals surface area contributed by atoms with Gasteiger partial charge in [-0.25, -0.2) is 0 Å². The predicted octanol–water partition coefficient (Wildman–Crippen LogP) is 4.02. The second kappa shape index (κ2) is 5.39. The molecule has 0 aliphatic carbocycles. The van der Waals surface area contributed by atoms with E-state index in [1.807, 2.05) is 0 Å². The maximum atomic E-state index is 6.54. The first-order valence-electron chi connectivity index (χ1n) is 7.13. The van der Waals surface area contributed by atoms with Crippen LogP contribution in [0.1, 0.15) is 26.3 Å². The Hall–Kier alpha value is -0.643. The zero-order valence-electron chi connectivity index (χ0n) is 12.8. The van der Waals surface area contributed by atoms with Crippen molar-refractivity contribution in [1.82, 2.24) is 0 Å². The molecule has 0 amide bonds. The summed E-state index contributed by atoms with van der Waals surface area (Å²) < 4.78 is 12.0. The summed E-state index contributed by atoms with van der Waals surface area (Å²) in [5.74, 6) is 0. The van der Waals surface area contributed by atoms with E-state index in [1.54, 1.807) is 0 Å². The number of rotatable bonds is 5. The lowest BCUT2D eigenvalue weighted by Gasteiger charge is -2.39. The van der Waals surface area contributed by atoms with E-state index < -0.39 is 8.32 Å². The van der Waals surface area contributed by atoms with E-state index in [1.165, 1.54) is 5.56 Å². The number of ether oxygens (including phenoxy) is 1. The maximum absolute atomic E-state index is 6.54. The monoisotopic (exact) mass is 278 g/mol. The first-order valence-corrected chi connectivity index (χ1v) is 10.0. The minimum absolute atomic E-state index is 0.211. The Morgan fingerprint density at radius 2 is 1.84 bits per heavy atom. The summed E-state index contributed by atoms with van der Waals surface area (Å²) >= 11 is 0. The van der Waals surface area contributed by atoms with Gasteiger partial charge in [-0.2, -0.15) is 0 Å². The molecular weight excluding hydrogens is 252 g/mol. The highest BCUT2D eigenvalue weighted by Gasteiger charge is 2.43. The molecule has 0 spiro atoms. The molecule has 106 valence electrons. The SMILES string of the molecule is CC(C)(C)[Si](C)(C)O[C@@H](Cc1ccccc1)C1CO1. The standard InChI is InChI=1S/C16H26O2Si/c1-16(2,3)19(4,5)18-14(15-12-17-15)11-13-9-7-6-8-10-13/h6-10,14-15H,11-12H2,1-5H3/t14-,15?/m0/s1. The third kappa shape index (κ3) is 3.91. The third-order valence-electron chi connectivity index (χ3n) is 4.31. The molecule has 1 fully saturated rings. The molecule has 1 aromatic carbocycles. The largest absolute Gasteiger partial charge is 0.411 e. The van der Waals surface area contributed by atoms with Gasteiger partial charge in [-0.15, -0.1) is 0 Å². The van der Waals surface area contributed by atoms with Crippen LogP contribution in [0.3, 0.4) is 0 Å². The Bertz CT molecular complexity index is 405. The highest BCUT2D eigenvalue weighted by atomic mass is 28.4. The molecule has 2 rings (SSSR count). The fourth-order valence-corrected chi connectivity index (χ4v) is 3.27. The van der Waals surface area contributed by atoms with Crippen molar-refractivity contribution in [3.05, 3.63) is 35.9 Å². The van der Waals surface area contributed by atoms with Crippen LogP contribution in [0.5, 0.6) is 0 Å². The van der Waals surface area contributed by atoms with E-state index in [-0.39, 0.29) is 11.1 Å². The summed E-state index contributed by atoms with van der Waals surface area (Å²) in [7, 11) is -1.72. The quantitative estimate of drug-likeness (QED) is 0.599. The predicted molar refractivity (Wildman–Crippen MR) is 82.0 cm³/mol. The molecule has 0 bridgehead atoms. The fraction of sp³-hybridized carbons (Fsp3) is 0.625. The molecule has 2 atom stereocenters. The highest BCUT2D eigenvalue weighted by Crippen LogP contribution is 2.39. The maximum Gasteiger partial charge on any atom is 0.192 e. The van der Waals surface area contributed by atoms with Crippen molar-refractivity contribution in [2.75, 3.05) is 6.61 Å². The summed E-state index contributed by atoms with van der Waals surface area (Å²) in [6.07, 6.45) is 1.47. The normalized spacial score (nSPS) is 21.2. The molecule has 1 aliphatic rings. The zero-order chi connectivity index (χ0) is 14.1. The Morgan fingerprint density at radius 1 is 1.26 bits per heavy atom. The van der Waals surface area contributed by atoms with E-state index >= 15 is 0 Å². The number of hydrogen-bond donors (Lipinski definition) is 0. The van der Waals surface area contributed by atoms with Crippen molar-refractivity contribution in [2.24, 2.45) is 0 Å². The van der Waals surface area contributed by atoms with Crippen molar-refractivity contribution in [1.29, 1.82) is 0 Å². The number of benzene rings is 1. The van der Waals surface area contributed by atoms with Crippen LogP contribution in [-0.2, 0) is 15.6 Å². The summed E-state index contributed by atoms with van der Waals surface area (Å²) in [4.78, 5) is 0. The molecule has 2 nitrogen and oxygen atoms in total. The Kier molecular flexibility index (Phi) is 4.19. The van der Waals surface area contributed by atoms with Gasteiger partial charge in [0.15, 0.2) is 8.32 Å². The van der Waals surface area contributed by atoms with Gasteiger partial charge in [0.1, 0.15) is 6.10 Å². The first-order chi connectivity index (χ1) is 8.79. The lowest BCUT2D eigenvalue weighted by Crippen LogP contribution is -2.46. The van der Waals surface area contributed by atoms with Gasteiger partial charge in [0.2, 0.25) is 0 Å². The van der Waals surface area contributed by atoms with Gasteiger partial charge >= 0.3 is 0 Å². The second-order valence-corrected chi connectivity index (χ2v) is 11.7. The van der Waals surface area contributed by atoms with Gasteiger partial charge < -0.3 is 9.16 Å². The molecule has 0 radical (unpaired) electrons. The van der Waals surface area contributed by atoms with E-state index in [9.17, 15) is 0 Å². The Labute approximate surface area is 118 Å². The molecule has 3 heteroatoms. The average Bonchev–Trinajstić information content (AvgIpc) is 3.11. The number of hydrogen-bond acceptors (Lipinski definition) is 2. The average molecular weight is 278 g/mol. The molecule has 0 N–H and O–H groups in total. The van der Waals surface area contributed by atoms with Crippen LogP contribution in [0.2, 0.25) is 18.1 Å². The lowest BCUT2D eigenvalue weighted by atomic mass is 10.1. The molecule has 1 aliphatic heterocycles. The second-order valence-electron chi connectivity index (χ2n) is 6.98. The van der Waals surface area contributed by atoms with E-state index in [2.05, 4.69) is 64.2 Å². The van der Waals surface area contributed by atoms with E-state index in [4.69, 9.17) is 9.16 Å². The van der Waals surface area contributed by atoms with Crippen LogP contribution in [0, 0.1) is 0 Å². The molecule has 0 aromatic heterocycles. The third-order valence-corrected chi connectivity index (χ3v) is 8.81. The fourth-order valence-electron chi connectivity index (χ4n) is 1.92. The topological polar surface area (TPSA) is 21.8 Å².